The van der Waals surface area contributed by atoms with Crippen molar-refractivity contribution in [1.29, 1.82) is 5.26 Å². The quantitative estimate of drug-likeness (QED) is 0.623. The van der Waals surface area contributed by atoms with Crippen molar-refractivity contribution in [3.63, 3.8) is 0 Å². The number of nitrogens with one attached hydrogen (secondary N) is 1. The summed E-state index contributed by atoms with van der Waals surface area (Å²) in [6.07, 6.45) is 0. The van der Waals surface area contributed by atoms with Gasteiger partial charge in [0.05, 0.1) is 27.6 Å². The van der Waals surface area contributed by atoms with E-state index in [-0.39, 0.29) is 5.91 Å². The fourth-order valence-electron chi connectivity index (χ4n) is 2.30. The molecule has 0 saturated heterocycles. The minimum Gasteiger partial charge on any atom is -0.360 e. The number of halogens is 1. The van der Waals surface area contributed by atoms with Crippen LogP contribution in [0.15, 0.2) is 57.9 Å². The van der Waals surface area contributed by atoms with Crippen LogP contribution in [-0.2, 0) is 5.75 Å². The van der Waals surface area contributed by atoms with E-state index in [1.807, 2.05) is 37.3 Å². The normalized spacial score (nSPS) is 10.3. The molecule has 0 spiro atoms. The van der Waals surface area contributed by atoms with Crippen molar-refractivity contribution in [2.24, 2.45) is 0 Å². The van der Waals surface area contributed by atoms with Gasteiger partial charge in [0.1, 0.15) is 11.8 Å². The molecule has 0 saturated carbocycles. The number of aromatic nitrogens is 1. The second kappa shape index (κ2) is 8.09. The Balaban J connectivity index is 1.75. The topological polar surface area (TPSA) is 78.9 Å². The van der Waals surface area contributed by atoms with Gasteiger partial charge in [-0.3, -0.25) is 4.79 Å². The molecule has 7 heteroatoms. The Bertz CT molecular complexity index is 994. The predicted molar refractivity (Wildman–Crippen MR) is 101 cm³/mol. The summed E-state index contributed by atoms with van der Waals surface area (Å²) >= 11 is 7.51. The van der Waals surface area contributed by atoms with Gasteiger partial charge in [-0.2, -0.15) is 5.26 Å². The van der Waals surface area contributed by atoms with Crippen molar-refractivity contribution in [3.8, 4) is 6.07 Å². The molecule has 2 aromatic carbocycles. The van der Waals surface area contributed by atoms with Crippen LogP contribution in [0.5, 0.6) is 0 Å². The van der Waals surface area contributed by atoms with Crippen molar-refractivity contribution in [2.45, 2.75) is 17.6 Å². The lowest BCUT2D eigenvalue weighted by Crippen LogP contribution is -2.13. The Hall–Kier alpha value is -2.75. The fraction of sp³-hybridized carbons (Fsp3) is 0.105. The van der Waals surface area contributed by atoms with Crippen molar-refractivity contribution in [1.82, 2.24) is 5.16 Å². The molecule has 130 valence electrons. The lowest BCUT2D eigenvalue weighted by atomic mass is 10.2. The number of carbonyl (C=O) groups is 1. The third-order valence-electron chi connectivity index (χ3n) is 3.53. The van der Waals surface area contributed by atoms with E-state index in [1.165, 1.54) is 11.8 Å². The molecule has 3 rings (SSSR count). The van der Waals surface area contributed by atoms with E-state index >= 15 is 0 Å². The number of aryl methyl sites for hydroxylation is 1. The van der Waals surface area contributed by atoms with Crippen LogP contribution in [0.1, 0.15) is 27.4 Å². The van der Waals surface area contributed by atoms with Gasteiger partial charge in [0.25, 0.3) is 5.91 Å². The van der Waals surface area contributed by atoms with E-state index in [4.69, 9.17) is 21.4 Å². The minimum atomic E-state index is -0.248. The predicted octanol–water partition coefficient (Wildman–Crippen LogP) is 5.05. The molecule has 26 heavy (non-hydrogen) atoms. The highest BCUT2D eigenvalue weighted by Crippen LogP contribution is 2.28. The van der Waals surface area contributed by atoms with Gasteiger partial charge >= 0.3 is 0 Å². The van der Waals surface area contributed by atoms with Gasteiger partial charge in [0.2, 0.25) is 0 Å². The zero-order valence-corrected chi connectivity index (χ0v) is 15.4. The van der Waals surface area contributed by atoms with Gasteiger partial charge in [0.15, 0.2) is 0 Å². The zero-order chi connectivity index (χ0) is 18.5. The highest BCUT2D eigenvalue weighted by molar-refractivity contribution is 7.98. The lowest BCUT2D eigenvalue weighted by Gasteiger charge is -2.10. The molecule has 0 fully saturated rings. The van der Waals surface area contributed by atoms with Crippen LogP contribution in [0, 0.1) is 18.3 Å². The first-order valence-electron chi connectivity index (χ1n) is 7.72. The van der Waals surface area contributed by atoms with Crippen LogP contribution in [0.2, 0.25) is 5.02 Å². The number of hydrogen-bond acceptors (Lipinski definition) is 5. The Morgan fingerprint density at radius 1 is 1.31 bits per heavy atom. The van der Waals surface area contributed by atoms with E-state index in [1.54, 1.807) is 24.3 Å². The number of nitriles is 1. The van der Waals surface area contributed by atoms with Crippen LogP contribution >= 0.6 is 23.4 Å². The summed E-state index contributed by atoms with van der Waals surface area (Å²) < 4.78 is 5.20. The molecular weight excluding hydrogens is 370 g/mol. The molecule has 0 bridgehead atoms. The molecule has 0 radical (unpaired) electrons. The van der Waals surface area contributed by atoms with E-state index in [0.29, 0.717) is 27.6 Å². The number of benzene rings is 2. The average Bonchev–Trinajstić information content (AvgIpc) is 3.05. The molecule has 3 aromatic rings. The second-order valence-electron chi connectivity index (χ2n) is 5.48. The molecule has 0 atom stereocenters. The molecule has 5 nitrogen and oxygen atoms in total. The number of nitrogens with zero attached hydrogens (tertiary/aromatic N) is 2. The monoisotopic (exact) mass is 383 g/mol. The number of thioether (sulfide) groups is 1. The first-order chi connectivity index (χ1) is 12.6. The maximum Gasteiger partial charge on any atom is 0.256 e. The molecule has 0 aliphatic heterocycles. The van der Waals surface area contributed by atoms with Crippen LogP contribution in [0.3, 0.4) is 0 Å². The number of carbonyl (C=O) groups excluding carboxylic acids is 1. The summed E-state index contributed by atoms with van der Waals surface area (Å²) in [6.45, 7) is 1.86. The third-order valence-corrected chi connectivity index (χ3v) is 4.93. The van der Waals surface area contributed by atoms with Crippen LogP contribution in [0.4, 0.5) is 5.69 Å². The first kappa shape index (κ1) is 18.1. The maximum absolute atomic E-state index is 12.6. The Labute approximate surface area is 160 Å². The smallest absolute Gasteiger partial charge is 0.256 e. The lowest BCUT2D eigenvalue weighted by molar-refractivity contribution is 0.102. The first-order valence-corrected chi connectivity index (χ1v) is 9.08. The Morgan fingerprint density at radius 2 is 2.12 bits per heavy atom. The van der Waals surface area contributed by atoms with Gasteiger partial charge in [-0.05, 0) is 37.3 Å². The number of hydrogen-bond donors (Lipinski definition) is 1. The van der Waals surface area contributed by atoms with Crippen molar-refractivity contribution < 1.29 is 9.32 Å². The second-order valence-corrected chi connectivity index (χ2v) is 6.90. The van der Waals surface area contributed by atoms with Crippen LogP contribution in [0.25, 0.3) is 0 Å². The Morgan fingerprint density at radius 3 is 2.81 bits per heavy atom. The molecule has 1 heterocycles. The molecular formula is C19H14ClN3O2S. The molecule has 1 N–H and O–H groups in total. The molecule has 0 aliphatic carbocycles. The summed E-state index contributed by atoms with van der Waals surface area (Å²) in [6, 6.07) is 16.0. The zero-order valence-electron chi connectivity index (χ0n) is 13.8. The standard InChI is InChI=1S/C19H14ClN3O2S/c1-12-8-15(25-23-12)11-26-18-5-3-2-4-16(18)19(24)22-14-7-6-13(10-21)17(20)9-14/h2-9H,11H2,1H3,(H,22,24). The number of anilines is 1. The summed E-state index contributed by atoms with van der Waals surface area (Å²) in [5, 5.41) is 15.9. The molecule has 0 aliphatic rings. The van der Waals surface area contributed by atoms with E-state index in [2.05, 4.69) is 10.5 Å². The average molecular weight is 384 g/mol. The minimum absolute atomic E-state index is 0.248. The summed E-state index contributed by atoms with van der Waals surface area (Å²) in [5.74, 6) is 1.08. The largest absolute Gasteiger partial charge is 0.360 e. The summed E-state index contributed by atoms with van der Waals surface area (Å²) in [7, 11) is 0. The van der Waals surface area contributed by atoms with Crippen LogP contribution < -0.4 is 5.32 Å². The van der Waals surface area contributed by atoms with Crippen LogP contribution in [-0.4, -0.2) is 11.1 Å². The number of amides is 1. The van der Waals surface area contributed by atoms with E-state index in [0.717, 1.165) is 16.3 Å². The molecule has 0 unspecified atom stereocenters. The summed E-state index contributed by atoms with van der Waals surface area (Å²) in [4.78, 5) is 13.5. The fourth-order valence-corrected chi connectivity index (χ4v) is 3.44. The third kappa shape index (κ3) is 4.26. The molecule has 1 amide bonds. The van der Waals surface area contributed by atoms with Gasteiger partial charge < -0.3 is 9.84 Å². The highest BCUT2D eigenvalue weighted by Gasteiger charge is 2.13. The highest BCUT2D eigenvalue weighted by atomic mass is 35.5. The molecule has 1 aromatic heterocycles. The van der Waals surface area contributed by atoms with Crippen molar-refractivity contribution >= 4 is 35.0 Å². The van der Waals surface area contributed by atoms with Crippen molar-refractivity contribution in [3.05, 3.63) is 76.1 Å². The van der Waals surface area contributed by atoms with Gasteiger partial charge in [0, 0.05) is 16.6 Å². The SMILES string of the molecule is Cc1cc(CSc2ccccc2C(=O)Nc2ccc(C#N)c(Cl)c2)on1. The van der Waals surface area contributed by atoms with Crippen molar-refractivity contribution in [2.75, 3.05) is 5.32 Å². The van der Waals surface area contributed by atoms with Gasteiger partial charge in [-0.25, -0.2) is 0 Å². The Kier molecular flexibility index (Phi) is 5.61. The number of rotatable bonds is 5. The van der Waals surface area contributed by atoms with Gasteiger partial charge in [-0.15, -0.1) is 11.8 Å². The maximum atomic E-state index is 12.6. The van der Waals surface area contributed by atoms with Gasteiger partial charge in [-0.1, -0.05) is 28.9 Å². The van der Waals surface area contributed by atoms with E-state index < -0.39 is 0 Å². The summed E-state index contributed by atoms with van der Waals surface area (Å²) in [5.41, 5.74) is 2.27. The van der Waals surface area contributed by atoms with E-state index in [9.17, 15) is 4.79 Å².